The van der Waals surface area contributed by atoms with Gasteiger partial charge in [-0.15, -0.1) is 0 Å². The third-order valence-corrected chi connectivity index (χ3v) is 3.61. The van der Waals surface area contributed by atoms with Gasteiger partial charge < -0.3 is 5.32 Å². The summed E-state index contributed by atoms with van der Waals surface area (Å²) < 4.78 is 0. The maximum Gasteiger partial charge on any atom is 0.0890 e. The lowest BCUT2D eigenvalue weighted by Crippen LogP contribution is -2.22. The summed E-state index contributed by atoms with van der Waals surface area (Å²) in [6.07, 6.45) is 3.46. The zero-order chi connectivity index (χ0) is 14.7. The molecule has 106 valence electrons. The van der Waals surface area contributed by atoms with Crippen LogP contribution in [0.2, 0.25) is 0 Å². The van der Waals surface area contributed by atoms with Gasteiger partial charge in [-0.2, -0.15) is 0 Å². The van der Waals surface area contributed by atoms with E-state index in [0.29, 0.717) is 0 Å². The second-order valence-corrected chi connectivity index (χ2v) is 5.21. The molecule has 0 bridgehead atoms. The maximum atomic E-state index is 4.41. The minimum atomic E-state index is 0.182. The molecule has 3 nitrogen and oxygen atoms in total. The topological polar surface area (TPSA) is 37.8 Å². The van der Waals surface area contributed by atoms with Crippen molar-refractivity contribution in [3.8, 4) is 0 Å². The molecule has 0 aliphatic carbocycles. The molecule has 3 aromatic rings. The summed E-state index contributed by atoms with van der Waals surface area (Å²) in [7, 11) is 0. The van der Waals surface area contributed by atoms with E-state index >= 15 is 0 Å². The Morgan fingerprint density at radius 2 is 1.71 bits per heavy atom. The van der Waals surface area contributed by atoms with Gasteiger partial charge in [-0.05, 0) is 36.7 Å². The molecule has 0 spiro atoms. The molecule has 1 unspecified atom stereocenters. The first-order chi connectivity index (χ1) is 10.3. The van der Waals surface area contributed by atoms with Crippen LogP contribution in [0.4, 0.5) is 0 Å². The number of nitrogens with zero attached hydrogens (tertiary/aromatic N) is 2. The van der Waals surface area contributed by atoms with Crippen LogP contribution >= 0.6 is 0 Å². The Morgan fingerprint density at radius 1 is 0.952 bits per heavy atom. The van der Waals surface area contributed by atoms with Crippen LogP contribution < -0.4 is 5.32 Å². The SMILES string of the molecule is CCNC(c1cccc(C)c1)c1ccc2nccnc2c1. The fourth-order valence-corrected chi connectivity index (χ4v) is 2.64. The van der Waals surface area contributed by atoms with Crippen LogP contribution in [0.5, 0.6) is 0 Å². The van der Waals surface area contributed by atoms with Gasteiger partial charge in [0.2, 0.25) is 0 Å². The molecule has 0 saturated carbocycles. The average Bonchev–Trinajstić information content (AvgIpc) is 2.52. The summed E-state index contributed by atoms with van der Waals surface area (Å²) in [4.78, 5) is 8.74. The minimum absolute atomic E-state index is 0.182. The third kappa shape index (κ3) is 2.93. The molecule has 0 radical (unpaired) electrons. The van der Waals surface area contributed by atoms with Crippen LogP contribution in [0.3, 0.4) is 0 Å². The van der Waals surface area contributed by atoms with E-state index < -0.39 is 0 Å². The molecule has 0 aliphatic rings. The van der Waals surface area contributed by atoms with E-state index in [4.69, 9.17) is 0 Å². The molecular weight excluding hydrogens is 258 g/mol. The van der Waals surface area contributed by atoms with Crippen LogP contribution in [0.1, 0.15) is 29.7 Å². The molecule has 3 heteroatoms. The Morgan fingerprint density at radius 3 is 2.48 bits per heavy atom. The zero-order valence-electron chi connectivity index (χ0n) is 12.4. The molecule has 3 rings (SSSR count). The summed E-state index contributed by atoms with van der Waals surface area (Å²) in [6.45, 7) is 5.17. The molecule has 1 heterocycles. The van der Waals surface area contributed by atoms with E-state index in [0.717, 1.165) is 17.6 Å². The summed E-state index contributed by atoms with van der Waals surface area (Å²) in [5.41, 5.74) is 5.64. The van der Waals surface area contributed by atoms with Crippen molar-refractivity contribution in [3.63, 3.8) is 0 Å². The number of hydrogen-bond acceptors (Lipinski definition) is 3. The van der Waals surface area contributed by atoms with Crippen molar-refractivity contribution in [2.45, 2.75) is 19.9 Å². The normalized spacial score (nSPS) is 12.5. The Balaban J connectivity index is 2.06. The molecular formula is C18H19N3. The van der Waals surface area contributed by atoms with Gasteiger partial charge in [-0.3, -0.25) is 9.97 Å². The van der Waals surface area contributed by atoms with Gasteiger partial charge in [-0.25, -0.2) is 0 Å². The first-order valence-electron chi connectivity index (χ1n) is 7.28. The molecule has 21 heavy (non-hydrogen) atoms. The highest BCUT2D eigenvalue weighted by atomic mass is 14.9. The van der Waals surface area contributed by atoms with E-state index in [2.05, 4.69) is 65.5 Å². The van der Waals surface area contributed by atoms with Crippen LogP contribution in [-0.4, -0.2) is 16.5 Å². The van der Waals surface area contributed by atoms with Crippen molar-refractivity contribution in [2.75, 3.05) is 6.54 Å². The lowest BCUT2D eigenvalue weighted by Gasteiger charge is -2.19. The summed E-state index contributed by atoms with van der Waals surface area (Å²) in [6, 6.07) is 15.1. The molecule has 1 N–H and O–H groups in total. The second kappa shape index (κ2) is 6.02. The van der Waals surface area contributed by atoms with Gasteiger partial charge in [0, 0.05) is 12.4 Å². The fourth-order valence-electron chi connectivity index (χ4n) is 2.64. The van der Waals surface area contributed by atoms with Gasteiger partial charge in [0.25, 0.3) is 0 Å². The number of rotatable bonds is 4. The van der Waals surface area contributed by atoms with Crippen molar-refractivity contribution in [1.29, 1.82) is 0 Å². The van der Waals surface area contributed by atoms with Crippen molar-refractivity contribution in [2.24, 2.45) is 0 Å². The Bertz CT molecular complexity index is 752. The van der Waals surface area contributed by atoms with Crippen molar-refractivity contribution in [1.82, 2.24) is 15.3 Å². The largest absolute Gasteiger partial charge is 0.307 e. The van der Waals surface area contributed by atoms with Crippen LogP contribution in [0.25, 0.3) is 11.0 Å². The van der Waals surface area contributed by atoms with E-state index in [-0.39, 0.29) is 6.04 Å². The number of aryl methyl sites for hydroxylation is 1. The molecule has 0 fully saturated rings. The van der Waals surface area contributed by atoms with Gasteiger partial charge in [0.05, 0.1) is 17.1 Å². The monoisotopic (exact) mass is 277 g/mol. The Kier molecular flexibility index (Phi) is 3.93. The van der Waals surface area contributed by atoms with Gasteiger partial charge in [0.1, 0.15) is 0 Å². The number of nitrogens with one attached hydrogen (secondary N) is 1. The molecule has 1 atom stereocenters. The Hall–Kier alpha value is -2.26. The van der Waals surface area contributed by atoms with Crippen molar-refractivity contribution >= 4 is 11.0 Å². The highest BCUT2D eigenvalue weighted by molar-refractivity contribution is 5.74. The minimum Gasteiger partial charge on any atom is -0.307 e. The number of fused-ring (bicyclic) bond motifs is 1. The zero-order valence-corrected chi connectivity index (χ0v) is 12.4. The van der Waals surface area contributed by atoms with E-state index in [1.165, 1.54) is 16.7 Å². The quantitative estimate of drug-likeness (QED) is 0.791. The van der Waals surface area contributed by atoms with E-state index in [1.807, 2.05) is 6.07 Å². The van der Waals surface area contributed by atoms with Gasteiger partial charge in [-0.1, -0.05) is 42.8 Å². The lowest BCUT2D eigenvalue weighted by molar-refractivity contribution is 0.631. The number of benzene rings is 2. The van der Waals surface area contributed by atoms with Gasteiger partial charge >= 0.3 is 0 Å². The van der Waals surface area contributed by atoms with Crippen LogP contribution in [0, 0.1) is 6.92 Å². The summed E-state index contributed by atoms with van der Waals surface area (Å²) in [5.74, 6) is 0. The first-order valence-corrected chi connectivity index (χ1v) is 7.28. The molecule has 2 aromatic carbocycles. The summed E-state index contributed by atoms with van der Waals surface area (Å²) >= 11 is 0. The highest BCUT2D eigenvalue weighted by Crippen LogP contribution is 2.24. The average molecular weight is 277 g/mol. The highest BCUT2D eigenvalue weighted by Gasteiger charge is 2.13. The van der Waals surface area contributed by atoms with Gasteiger partial charge in [0.15, 0.2) is 0 Å². The van der Waals surface area contributed by atoms with Crippen molar-refractivity contribution < 1.29 is 0 Å². The Labute approximate surface area is 125 Å². The standard InChI is InChI=1S/C18H19N3/c1-3-19-18(14-6-4-5-13(2)11-14)15-7-8-16-17(12-15)21-10-9-20-16/h4-12,18-19H,3H2,1-2H3. The van der Waals surface area contributed by atoms with Crippen LogP contribution in [-0.2, 0) is 0 Å². The predicted molar refractivity (Wildman–Crippen MR) is 86.2 cm³/mol. The lowest BCUT2D eigenvalue weighted by atomic mass is 9.97. The predicted octanol–water partition coefficient (Wildman–Crippen LogP) is 3.64. The number of aromatic nitrogens is 2. The van der Waals surface area contributed by atoms with Crippen LogP contribution in [0.15, 0.2) is 54.9 Å². The molecule has 0 aliphatic heterocycles. The second-order valence-electron chi connectivity index (χ2n) is 5.21. The molecule has 0 amide bonds. The molecule has 0 saturated heterocycles. The summed E-state index contributed by atoms with van der Waals surface area (Å²) in [5, 5.41) is 3.56. The maximum absolute atomic E-state index is 4.41. The van der Waals surface area contributed by atoms with E-state index in [9.17, 15) is 0 Å². The fraction of sp³-hybridized carbons (Fsp3) is 0.222. The smallest absolute Gasteiger partial charge is 0.0890 e. The third-order valence-electron chi connectivity index (χ3n) is 3.61. The van der Waals surface area contributed by atoms with E-state index in [1.54, 1.807) is 12.4 Å². The van der Waals surface area contributed by atoms with Crippen molar-refractivity contribution in [3.05, 3.63) is 71.5 Å². The number of hydrogen-bond donors (Lipinski definition) is 1. The first kappa shape index (κ1) is 13.7. The molecule has 1 aromatic heterocycles.